The number of anilines is 2. The number of hydrogen-bond acceptors (Lipinski definition) is 7. The van der Waals surface area contributed by atoms with Crippen molar-refractivity contribution < 1.29 is 19.6 Å². The Morgan fingerprint density at radius 1 is 0.892 bits per heavy atom. The molecule has 3 aromatic carbocycles. The van der Waals surface area contributed by atoms with E-state index in [0.29, 0.717) is 11.4 Å². The number of para-hydroxylation sites is 1. The molecule has 5 rings (SSSR count). The molecule has 0 aliphatic carbocycles. The lowest BCUT2D eigenvalue weighted by Gasteiger charge is -2.42. The van der Waals surface area contributed by atoms with Crippen LogP contribution in [-0.4, -0.2) is 45.0 Å². The van der Waals surface area contributed by atoms with Gasteiger partial charge in [0.2, 0.25) is 5.91 Å². The minimum Gasteiger partial charge on any atom is -0.390 e. The van der Waals surface area contributed by atoms with Crippen molar-refractivity contribution >= 4 is 28.9 Å². The summed E-state index contributed by atoms with van der Waals surface area (Å²) >= 11 is 0. The van der Waals surface area contributed by atoms with Gasteiger partial charge in [0.15, 0.2) is 0 Å². The summed E-state index contributed by atoms with van der Waals surface area (Å²) in [6.07, 6.45) is 2.52. The van der Waals surface area contributed by atoms with Crippen LogP contribution < -0.4 is 10.3 Å². The molecule has 2 N–H and O–H groups in total. The van der Waals surface area contributed by atoms with Crippen molar-refractivity contribution in [1.82, 2.24) is 5.01 Å². The Balaban J connectivity index is 1.52. The van der Waals surface area contributed by atoms with Crippen LogP contribution in [0.4, 0.5) is 17.1 Å². The summed E-state index contributed by atoms with van der Waals surface area (Å²) in [5, 5.41) is 24.2. The molecule has 9 heteroatoms. The summed E-state index contributed by atoms with van der Waals surface area (Å²) in [4.78, 5) is 38.9. The first kappa shape index (κ1) is 24.4. The molecule has 0 radical (unpaired) electrons. The molecule has 2 aliphatic rings. The predicted molar refractivity (Wildman–Crippen MR) is 139 cm³/mol. The number of aliphatic hydroxyl groups excluding tert-OH is 1. The standard InChI is InChI=1S/C28H26N4O5/c1-18(19-8-4-2-5-9-19)26(33)24-17-16-23-25(28(35)30(27(23)34)21-10-6-3-7-11-21)31(24)29-20-12-14-22(15-13-20)32(36)37/h2-18,23-26,29,33H,1H3. The Morgan fingerprint density at radius 3 is 2.14 bits per heavy atom. The second-order valence-electron chi connectivity index (χ2n) is 9.21. The zero-order valence-corrected chi connectivity index (χ0v) is 20.0. The van der Waals surface area contributed by atoms with Crippen molar-refractivity contribution in [2.75, 3.05) is 10.3 Å². The third-order valence-electron chi connectivity index (χ3n) is 6.99. The molecule has 37 heavy (non-hydrogen) atoms. The van der Waals surface area contributed by atoms with E-state index < -0.39 is 34.9 Å². The van der Waals surface area contributed by atoms with Crippen LogP contribution in [0.25, 0.3) is 0 Å². The number of carbonyl (C=O) groups excluding carboxylic acids is 2. The first-order valence-electron chi connectivity index (χ1n) is 12.0. The molecule has 5 unspecified atom stereocenters. The largest absolute Gasteiger partial charge is 0.390 e. The number of nitrogens with zero attached hydrogens (tertiary/aromatic N) is 3. The minimum absolute atomic E-state index is 0.0707. The van der Waals surface area contributed by atoms with Gasteiger partial charge in [0.25, 0.3) is 11.6 Å². The summed E-state index contributed by atoms with van der Waals surface area (Å²) < 4.78 is 0. The molecule has 3 aromatic rings. The number of nitro benzene ring substituents is 1. The lowest BCUT2D eigenvalue weighted by atomic mass is 9.86. The van der Waals surface area contributed by atoms with Crippen LogP contribution in [-0.2, 0) is 9.59 Å². The van der Waals surface area contributed by atoms with Crippen LogP contribution in [0.1, 0.15) is 18.4 Å². The fourth-order valence-electron chi connectivity index (χ4n) is 4.98. The van der Waals surface area contributed by atoms with Gasteiger partial charge in [-0.3, -0.25) is 19.7 Å². The van der Waals surface area contributed by atoms with Crippen molar-refractivity contribution in [3.8, 4) is 0 Å². The highest BCUT2D eigenvalue weighted by Crippen LogP contribution is 2.37. The van der Waals surface area contributed by atoms with Gasteiger partial charge in [0.05, 0.1) is 28.7 Å². The fraction of sp³-hybridized carbons (Fsp3) is 0.214. The normalized spacial score (nSPS) is 23.0. The van der Waals surface area contributed by atoms with Crippen LogP contribution in [0.3, 0.4) is 0 Å². The highest BCUT2D eigenvalue weighted by Gasteiger charge is 2.54. The van der Waals surface area contributed by atoms with Crippen molar-refractivity contribution in [2.45, 2.75) is 31.0 Å². The number of imide groups is 1. The average molecular weight is 499 g/mol. The van der Waals surface area contributed by atoms with Gasteiger partial charge < -0.3 is 10.5 Å². The molecular formula is C28H26N4O5. The molecule has 0 bridgehead atoms. The van der Waals surface area contributed by atoms with E-state index in [9.17, 15) is 24.8 Å². The number of hydrazine groups is 1. The zero-order valence-electron chi connectivity index (χ0n) is 20.0. The third kappa shape index (κ3) is 4.50. The van der Waals surface area contributed by atoms with Gasteiger partial charge in [-0.2, -0.15) is 0 Å². The summed E-state index contributed by atoms with van der Waals surface area (Å²) in [5.74, 6) is -1.80. The topological polar surface area (TPSA) is 116 Å². The van der Waals surface area contributed by atoms with E-state index in [1.54, 1.807) is 47.5 Å². The van der Waals surface area contributed by atoms with Gasteiger partial charge in [0, 0.05) is 23.7 Å². The van der Waals surface area contributed by atoms with Crippen molar-refractivity contribution in [2.24, 2.45) is 5.92 Å². The molecule has 188 valence electrons. The monoisotopic (exact) mass is 498 g/mol. The van der Waals surface area contributed by atoms with Crippen LogP contribution in [0.2, 0.25) is 0 Å². The molecular weight excluding hydrogens is 472 g/mol. The van der Waals surface area contributed by atoms with E-state index in [-0.39, 0.29) is 17.5 Å². The molecule has 1 fully saturated rings. The van der Waals surface area contributed by atoms with E-state index in [1.807, 2.05) is 37.3 Å². The summed E-state index contributed by atoms with van der Waals surface area (Å²) in [5.41, 5.74) is 5.00. The van der Waals surface area contributed by atoms with E-state index >= 15 is 0 Å². The zero-order chi connectivity index (χ0) is 26.1. The number of nitro groups is 1. The lowest BCUT2D eigenvalue weighted by Crippen LogP contribution is -2.58. The van der Waals surface area contributed by atoms with Gasteiger partial charge in [0.1, 0.15) is 6.04 Å². The van der Waals surface area contributed by atoms with E-state index in [1.165, 1.54) is 29.2 Å². The first-order chi connectivity index (χ1) is 17.9. The maximum atomic E-state index is 13.7. The summed E-state index contributed by atoms with van der Waals surface area (Å²) in [6.45, 7) is 1.90. The maximum absolute atomic E-state index is 13.7. The van der Waals surface area contributed by atoms with Gasteiger partial charge >= 0.3 is 0 Å². The number of aliphatic hydroxyl groups is 1. The quantitative estimate of drug-likeness (QED) is 0.220. The molecule has 2 amide bonds. The number of non-ortho nitro benzene ring substituents is 1. The van der Waals surface area contributed by atoms with Gasteiger partial charge in [-0.1, -0.05) is 67.6 Å². The van der Waals surface area contributed by atoms with E-state index in [0.717, 1.165) is 5.56 Å². The smallest absolute Gasteiger partial charge is 0.269 e. The number of benzene rings is 3. The molecule has 2 aliphatic heterocycles. The SMILES string of the molecule is CC(c1ccccc1)C(O)C1C=CC2C(=O)N(c3ccccc3)C(=O)C2N1Nc1ccc([N+](=O)[O-])cc1. The number of amides is 2. The van der Waals surface area contributed by atoms with E-state index in [4.69, 9.17) is 0 Å². The summed E-state index contributed by atoms with van der Waals surface area (Å²) in [6, 6.07) is 22.5. The number of nitrogens with one attached hydrogen (secondary N) is 1. The van der Waals surface area contributed by atoms with Gasteiger partial charge in [-0.25, -0.2) is 9.91 Å². The molecule has 1 saturated heterocycles. The Kier molecular flexibility index (Phi) is 6.56. The van der Waals surface area contributed by atoms with E-state index in [2.05, 4.69) is 5.43 Å². The van der Waals surface area contributed by atoms with Crippen LogP contribution in [0.15, 0.2) is 97.1 Å². The van der Waals surface area contributed by atoms with Crippen molar-refractivity contribution in [3.05, 3.63) is 113 Å². The Labute approximate surface area is 213 Å². The Bertz CT molecular complexity index is 1330. The average Bonchev–Trinajstić information content (AvgIpc) is 3.19. The Morgan fingerprint density at radius 2 is 1.51 bits per heavy atom. The first-order valence-corrected chi connectivity index (χ1v) is 12.0. The van der Waals surface area contributed by atoms with Gasteiger partial charge in [-0.05, 0) is 29.8 Å². The third-order valence-corrected chi connectivity index (χ3v) is 6.99. The number of carbonyl (C=O) groups is 2. The molecule has 2 heterocycles. The molecule has 9 nitrogen and oxygen atoms in total. The minimum atomic E-state index is -0.932. The highest BCUT2D eigenvalue weighted by molar-refractivity contribution is 6.24. The second-order valence-corrected chi connectivity index (χ2v) is 9.21. The molecule has 0 aromatic heterocycles. The number of hydrogen-bond donors (Lipinski definition) is 2. The molecule has 0 saturated carbocycles. The van der Waals surface area contributed by atoms with Gasteiger partial charge in [-0.15, -0.1) is 0 Å². The number of rotatable bonds is 7. The van der Waals surface area contributed by atoms with Crippen LogP contribution in [0, 0.1) is 16.0 Å². The summed E-state index contributed by atoms with van der Waals surface area (Å²) in [7, 11) is 0. The second kappa shape index (κ2) is 9.96. The Hall–Kier alpha value is -4.34. The number of fused-ring (bicyclic) bond motifs is 1. The molecule has 5 atom stereocenters. The highest BCUT2D eigenvalue weighted by atomic mass is 16.6. The molecule has 0 spiro atoms. The van der Waals surface area contributed by atoms with Crippen molar-refractivity contribution in [3.63, 3.8) is 0 Å². The predicted octanol–water partition coefficient (Wildman–Crippen LogP) is 3.88. The van der Waals surface area contributed by atoms with Crippen molar-refractivity contribution in [1.29, 1.82) is 0 Å². The van der Waals surface area contributed by atoms with Crippen LogP contribution in [0.5, 0.6) is 0 Å². The fourth-order valence-corrected chi connectivity index (χ4v) is 4.98. The maximum Gasteiger partial charge on any atom is 0.269 e. The lowest BCUT2D eigenvalue weighted by molar-refractivity contribution is -0.384. The van der Waals surface area contributed by atoms with Crippen LogP contribution >= 0.6 is 0 Å².